The van der Waals surface area contributed by atoms with Crippen molar-refractivity contribution >= 4 is 11.3 Å². The zero-order valence-corrected chi connectivity index (χ0v) is 15.8. The summed E-state index contributed by atoms with van der Waals surface area (Å²) in [5.74, 6) is 2.30. The molecular formula is C18H24N6OS. The number of thiophene rings is 1. The standard InChI is InChI=1S/C18H24N6OS/c1-13-16(20-18(25-13)17-3-2-8-26-17)12-23-6-4-14(5-7-23)10-24-11-15(9-19)21-22-24/h2-3,8,11,14H,4-7,9-10,12,19H2,1H3. The summed E-state index contributed by atoms with van der Waals surface area (Å²) in [6.45, 7) is 6.38. The minimum atomic E-state index is 0.447. The largest absolute Gasteiger partial charge is 0.440 e. The van der Waals surface area contributed by atoms with Gasteiger partial charge in [0.25, 0.3) is 0 Å². The van der Waals surface area contributed by atoms with E-state index in [2.05, 4.69) is 15.2 Å². The number of rotatable bonds is 6. The molecule has 1 fully saturated rings. The van der Waals surface area contributed by atoms with Crippen molar-refractivity contribution < 1.29 is 4.42 Å². The fourth-order valence-electron chi connectivity index (χ4n) is 3.41. The Balaban J connectivity index is 1.31. The van der Waals surface area contributed by atoms with E-state index in [1.165, 1.54) is 0 Å². The zero-order chi connectivity index (χ0) is 17.9. The maximum atomic E-state index is 5.86. The minimum absolute atomic E-state index is 0.447. The number of piperidine rings is 1. The van der Waals surface area contributed by atoms with E-state index in [9.17, 15) is 0 Å². The lowest BCUT2D eigenvalue weighted by atomic mass is 9.97. The van der Waals surface area contributed by atoms with Crippen LogP contribution in [0.3, 0.4) is 0 Å². The number of hydrogen-bond acceptors (Lipinski definition) is 7. The molecule has 1 aliphatic rings. The average molecular weight is 372 g/mol. The smallest absolute Gasteiger partial charge is 0.236 e. The number of nitrogens with zero attached hydrogens (tertiary/aromatic N) is 5. The Bertz CT molecular complexity index is 832. The molecule has 4 heterocycles. The Morgan fingerprint density at radius 3 is 2.88 bits per heavy atom. The van der Waals surface area contributed by atoms with Crippen LogP contribution in [-0.2, 0) is 19.6 Å². The van der Waals surface area contributed by atoms with Crippen molar-refractivity contribution in [2.45, 2.75) is 39.4 Å². The van der Waals surface area contributed by atoms with Crippen LogP contribution < -0.4 is 5.73 Å². The van der Waals surface area contributed by atoms with Gasteiger partial charge in [-0.15, -0.1) is 16.4 Å². The summed E-state index contributed by atoms with van der Waals surface area (Å²) in [5, 5.41) is 10.3. The van der Waals surface area contributed by atoms with Gasteiger partial charge in [0.1, 0.15) is 5.76 Å². The van der Waals surface area contributed by atoms with E-state index in [0.29, 0.717) is 12.5 Å². The first-order valence-corrected chi connectivity index (χ1v) is 9.91. The van der Waals surface area contributed by atoms with Crippen LogP contribution in [0, 0.1) is 12.8 Å². The van der Waals surface area contributed by atoms with E-state index in [1.807, 2.05) is 35.3 Å². The fourth-order valence-corrected chi connectivity index (χ4v) is 4.05. The number of hydrogen-bond donors (Lipinski definition) is 1. The second-order valence-electron chi connectivity index (χ2n) is 6.85. The SMILES string of the molecule is Cc1oc(-c2cccs2)nc1CN1CCC(Cn2cc(CN)nn2)CC1. The van der Waals surface area contributed by atoms with Crippen LogP contribution >= 0.6 is 11.3 Å². The maximum Gasteiger partial charge on any atom is 0.236 e. The van der Waals surface area contributed by atoms with Gasteiger partial charge >= 0.3 is 0 Å². The highest BCUT2D eigenvalue weighted by Gasteiger charge is 2.22. The molecule has 26 heavy (non-hydrogen) atoms. The molecule has 0 aliphatic carbocycles. The van der Waals surface area contributed by atoms with Crippen LogP contribution in [-0.4, -0.2) is 38.0 Å². The Morgan fingerprint density at radius 1 is 1.35 bits per heavy atom. The van der Waals surface area contributed by atoms with Crippen molar-refractivity contribution in [1.82, 2.24) is 24.9 Å². The van der Waals surface area contributed by atoms with Gasteiger partial charge in [-0.05, 0) is 50.2 Å². The molecule has 0 radical (unpaired) electrons. The highest BCUT2D eigenvalue weighted by atomic mass is 32.1. The monoisotopic (exact) mass is 372 g/mol. The van der Waals surface area contributed by atoms with Crippen LogP contribution in [0.15, 0.2) is 28.1 Å². The molecule has 4 rings (SSSR count). The number of oxazole rings is 1. The highest BCUT2D eigenvalue weighted by molar-refractivity contribution is 7.13. The van der Waals surface area contributed by atoms with Gasteiger partial charge < -0.3 is 10.2 Å². The van der Waals surface area contributed by atoms with Gasteiger partial charge in [-0.2, -0.15) is 0 Å². The highest BCUT2D eigenvalue weighted by Crippen LogP contribution is 2.27. The predicted octanol–water partition coefficient (Wildman–Crippen LogP) is 2.67. The predicted molar refractivity (Wildman–Crippen MR) is 100 cm³/mol. The van der Waals surface area contributed by atoms with Crippen molar-refractivity contribution in [3.05, 3.63) is 40.9 Å². The van der Waals surface area contributed by atoms with E-state index in [1.54, 1.807) is 11.3 Å². The van der Waals surface area contributed by atoms with Gasteiger partial charge in [0.2, 0.25) is 5.89 Å². The summed E-state index contributed by atoms with van der Waals surface area (Å²) in [6.07, 6.45) is 4.27. The van der Waals surface area contributed by atoms with E-state index < -0.39 is 0 Å². The summed E-state index contributed by atoms with van der Waals surface area (Å²) in [5.41, 5.74) is 7.50. The Labute approximate surface area is 156 Å². The van der Waals surface area contributed by atoms with Gasteiger partial charge in [-0.3, -0.25) is 9.58 Å². The molecule has 0 unspecified atom stereocenters. The van der Waals surface area contributed by atoms with Crippen LogP contribution in [0.4, 0.5) is 0 Å². The Kier molecular flexibility index (Phi) is 5.14. The molecule has 0 atom stereocenters. The number of aryl methyl sites for hydroxylation is 1. The maximum absolute atomic E-state index is 5.86. The summed E-state index contributed by atoms with van der Waals surface area (Å²) >= 11 is 1.66. The van der Waals surface area contributed by atoms with Crippen molar-refractivity contribution in [2.24, 2.45) is 11.7 Å². The fraction of sp³-hybridized carbons (Fsp3) is 0.500. The number of likely N-dealkylation sites (tertiary alicyclic amines) is 1. The first-order chi connectivity index (χ1) is 12.7. The van der Waals surface area contributed by atoms with Crippen LogP contribution in [0.2, 0.25) is 0 Å². The van der Waals surface area contributed by atoms with Gasteiger partial charge in [0.15, 0.2) is 0 Å². The molecule has 1 saturated heterocycles. The second kappa shape index (κ2) is 7.69. The molecule has 8 heteroatoms. The van der Waals surface area contributed by atoms with Gasteiger partial charge in [-0.25, -0.2) is 4.98 Å². The van der Waals surface area contributed by atoms with Crippen molar-refractivity contribution in [3.8, 4) is 10.8 Å². The van der Waals surface area contributed by atoms with Gasteiger partial charge in [-0.1, -0.05) is 11.3 Å². The van der Waals surface area contributed by atoms with Crippen LogP contribution in [0.25, 0.3) is 10.8 Å². The van der Waals surface area contributed by atoms with E-state index >= 15 is 0 Å². The third kappa shape index (κ3) is 3.87. The number of aromatic nitrogens is 4. The molecule has 3 aromatic rings. The molecule has 0 amide bonds. The molecule has 0 aromatic carbocycles. The summed E-state index contributed by atoms with van der Waals surface area (Å²) in [4.78, 5) is 8.26. The lowest BCUT2D eigenvalue weighted by molar-refractivity contribution is 0.162. The lowest BCUT2D eigenvalue weighted by Gasteiger charge is -2.31. The molecule has 3 aromatic heterocycles. The number of nitrogens with two attached hydrogens (primary N) is 1. The van der Waals surface area contributed by atoms with Crippen molar-refractivity contribution in [2.75, 3.05) is 13.1 Å². The molecule has 0 spiro atoms. The summed E-state index contributed by atoms with van der Waals surface area (Å²) in [7, 11) is 0. The molecule has 1 aliphatic heterocycles. The molecule has 7 nitrogen and oxygen atoms in total. The van der Waals surface area contributed by atoms with E-state index in [4.69, 9.17) is 15.1 Å². The van der Waals surface area contributed by atoms with Gasteiger partial charge in [0.05, 0.1) is 16.3 Å². The molecule has 0 saturated carbocycles. The van der Waals surface area contributed by atoms with Crippen molar-refractivity contribution in [1.29, 1.82) is 0 Å². The lowest BCUT2D eigenvalue weighted by Crippen LogP contribution is -2.34. The third-order valence-electron chi connectivity index (χ3n) is 4.95. The average Bonchev–Trinajstić information content (AvgIpc) is 3.39. The summed E-state index contributed by atoms with van der Waals surface area (Å²) in [6, 6.07) is 4.07. The molecule has 138 valence electrons. The molecule has 0 bridgehead atoms. The Morgan fingerprint density at radius 2 is 2.19 bits per heavy atom. The molecule has 2 N–H and O–H groups in total. The first-order valence-electron chi connectivity index (χ1n) is 9.03. The topological polar surface area (TPSA) is 86.0 Å². The third-order valence-corrected chi connectivity index (χ3v) is 5.80. The van der Waals surface area contributed by atoms with Crippen LogP contribution in [0.5, 0.6) is 0 Å². The zero-order valence-electron chi connectivity index (χ0n) is 15.0. The first kappa shape index (κ1) is 17.4. The quantitative estimate of drug-likeness (QED) is 0.716. The van der Waals surface area contributed by atoms with E-state index in [-0.39, 0.29) is 0 Å². The van der Waals surface area contributed by atoms with Crippen molar-refractivity contribution in [3.63, 3.8) is 0 Å². The Hall–Kier alpha value is -2.03. The van der Waals surface area contributed by atoms with E-state index in [0.717, 1.165) is 66.9 Å². The summed E-state index contributed by atoms with van der Waals surface area (Å²) < 4.78 is 7.79. The van der Waals surface area contributed by atoms with Crippen LogP contribution in [0.1, 0.15) is 30.0 Å². The molecular weight excluding hydrogens is 348 g/mol. The van der Waals surface area contributed by atoms with Gasteiger partial charge in [0, 0.05) is 25.8 Å². The normalized spacial score (nSPS) is 16.4. The minimum Gasteiger partial charge on any atom is -0.440 e. The second-order valence-corrected chi connectivity index (χ2v) is 7.80.